The van der Waals surface area contributed by atoms with Crippen LogP contribution in [0, 0.1) is 5.92 Å². The molecule has 0 aliphatic carbocycles. The van der Waals surface area contributed by atoms with Gasteiger partial charge in [-0.3, -0.25) is 9.36 Å². The van der Waals surface area contributed by atoms with Gasteiger partial charge in [-0.2, -0.15) is 0 Å². The minimum Gasteiger partial charge on any atom is -0.399 e. The predicted molar refractivity (Wildman–Crippen MR) is 69.9 cm³/mol. The van der Waals surface area contributed by atoms with Crippen molar-refractivity contribution >= 4 is 16.6 Å². The quantitative estimate of drug-likeness (QED) is 0.822. The predicted octanol–water partition coefficient (Wildman–Crippen LogP) is 2.02. The molecule has 0 spiro atoms. The first-order valence-electron chi connectivity index (χ1n) is 5.82. The second kappa shape index (κ2) is 4.57. The fourth-order valence-corrected chi connectivity index (χ4v) is 1.73. The first-order valence-corrected chi connectivity index (χ1v) is 5.82. The highest BCUT2D eigenvalue weighted by molar-refractivity contribution is 5.80. The van der Waals surface area contributed by atoms with Crippen LogP contribution in [0.2, 0.25) is 0 Å². The van der Waals surface area contributed by atoms with Gasteiger partial charge in [0.05, 0.1) is 17.2 Å². The van der Waals surface area contributed by atoms with Crippen LogP contribution in [-0.2, 0) is 6.54 Å². The molecule has 4 nitrogen and oxygen atoms in total. The molecule has 90 valence electrons. The third-order valence-electron chi connectivity index (χ3n) is 2.80. The number of nitrogen functional groups attached to an aromatic ring is 1. The number of rotatable bonds is 3. The molecule has 0 saturated carbocycles. The maximum absolute atomic E-state index is 12.2. The van der Waals surface area contributed by atoms with Gasteiger partial charge < -0.3 is 5.73 Å². The molecule has 17 heavy (non-hydrogen) atoms. The van der Waals surface area contributed by atoms with E-state index in [2.05, 4.69) is 18.8 Å². The monoisotopic (exact) mass is 231 g/mol. The Kier molecular flexibility index (Phi) is 3.13. The van der Waals surface area contributed by atoms with Gasteiger partial charge in [0, 0.05) is 12.2 Å². The van der Waals surface area contributed by atoms with Crippen molar-refractivity contribution in [2.75, 3.05) is 5.73 Å². The normalized spacial score (nSPS) is 11.2. The van der Waals surface area contributed by atoms with Gasteiger partial charge in [0.1, 0.15) is 0 Å². The molecule has 2 aromatic rings. The molecule has 0 unspecified atom stereocenters. The van der Waals surface area contributed by atoms with Crippen LogP contribution < -0.4 is 11.3 Å². The number of benzene rings is 1. The third-order valence-corrected chi connectivity index (χ3v) is 2.80. The largest absolute Gasteiger partial charge is 0.399 e. The fraction of sp³-hybridized carbons (Fsp3) is 0.385. The van der Waals surface area contributed by atoms with E-state index in [1.165, 1.54) is 0 Å². The number of fused-ring (bicyclic) bond motifs is 1. The molecule has 0 aliphatic heterocycles. The van der Waals surface area contributed by atoms with Crippen molar-refractivity contribution in [2.45, 2.75) is 26.8 Å². The number of anilines is 1. The summed E-state index contributed by atoms with van der Waals surface area (Å²) in [4.78, 5) is 16.4. The van der Waals surface area contributed by atoms with Crippen LogP contribution in [0.15, 0.2) is 29.3 Å². The van der Waals surface area contributed by atoms with Gasteiger partial charge in [-0.15, -0.1) is 0 Å². The van der Waals surface area contributed by atoms with E-state index in [1.54, 1.807) is 29.1 Å². The summed E-state index contributed by atoms with van der Waals surface area (Å²) in [5, 5.41) is 0.594. The van der Waals surface area contributed by atoms with Crippen molar-refractivity contribution in [2.24, 2.45) is 5.92 Å². The lowest BCUT2D eigenvalue weighted by Crippen LogP contribution is -2.21. The molecule has 1 heterocycles. The zero-order chi connectivity index (χ0) is 12.4. The lowest BCUT2D eigenvalue weighted by atomic mass is 10.1. The third kappa shape index (κ3) is 2.46. The van der Waals surface area contributed by atoms with Crippen LogP contribution >= 0.6 is 0 Å². The van der Waals surface area contributed by atoms with E-state index in [4.69, 9.17) is 5.73 Å². The molecule has 0 fully saturated rings. The van der Waals surface area contributed by atoms with E-state index >= 15 is 0 Å². The van der Waals surface area contributed by atoms with Crippen molar-refractivity contribution in [3.8, 4) is 0 Å². The van der Waals surface area contributed by atoms with Crippen LogP contribution in [-0.4, -0.2) is 9.55 Å². The first kappa shape index (κ1) is 11.6. The summed E-state index contributed by atoms with van der Waals surface area (Å²) in [7, 11) is 0. The zero-order valence-corrected chi connectivity index (χ0v) is 10.2. The van der Waals surface area contributed by atoms with E-state index < -0.39 is 0 Å². The van der Waals surface area contributed by atoms with Crippen molar-refractivity contribution in [3.63, 3.8) is 0 Å². The Morgan fingerprint density at radius 3 is 2.88 bits per heavy atom. The van der Waals surface area contributed by atoms with E-state index in [0.717, 1.165) is 6.42 Å². The standard InChI is InChI=1S/C13H17N3O/c1-9(2)5-6-16-8-15-12-4-3-10(14)7-11(12)13(16)17/h3-4,7-9H,5-6,14H2,1-2H3. The highest BCUT2D eigenvalue weighted by atomic mass is 16.1. The van der Waals surface area contributed by atoms with Gasteiger partial charge in [0.25, 0.3) is 5.56 Å². The van der Waals surface area contributed by atoms with Crippen LogP contribution in [0.3, 0.4) is 0 Å². The first-order chi connectivity index (χ1) is 8.08. The Labute approximate surface area is 100 Å². The zero-order valence-electron chi connectivity index (χ0n) is 10.2. The number of nitrogens with two attached hydrogens (primary N) is 1. The lowest BCUT2D eigenvalue weighted by molar-refractivity contribution is 0.506. The molecule has 0 bridgehead atoms. The Morgan fingerprint density at radius 1 is 1.41 bits per heavy atom. The van der Waals surface area contributed by atoms with Crippen molar-refractivity contribution in [1.29, 1.82) is 0 Å². The molecule has 0 aliphatic rings. The average Bonchev–Trinajstić information content (AvgIpc) is 2.29. The minimum atomic E-state index is -0.0112. The molecule has 2 N–H and O–H groups in total. The molecular weight excluding hydrogens is 214 g/mol. The highest BCUT2D eigenvalue weighted by Gasteiger charge is 2.04. The van der Waals surface area contributed by atoms with Crippen molar-refractivity contribution in [3.05, 3.63) is 34.9 Å². The number of aryl methyl sites for hydroxylation is 1. The molecule has 0 atom stereocenters. The average molecular weight is 231 g/mol. The van der Waals surface area contributed by atoms with Gasteiger partial charge in [0.2, 0.25) is 0 Å². The smallest absolute Gasteiger partial charge is 0.261 e. The summed E-state index contributed by atoms with van der Waals surface area (Å²) in [6, 6.07) is 5.22. The summed E-state index contributed by atoms with van der Waals surface area (Å²) >= 11 is 0. The molecule has 2 rings (SSSR count). The van der Waals surface area contributed by atoms with Gasteiger partial charge in [-0.1, -0.05) is 13.8 Å². The Balaban J connectivity index is 2.46. The summed E-state index contributed by atoms with van der Waals surface area (Å²) in [6.45, 7) is 4.98. The van der Waals surface area contributed by atoms with E-state index in [1.807, 2.05) is 0 Å². The number of hydrogen-bond donors (Lipinski definition) is 1. The van der Waals surface area contributed by atoms with Crippen LogP contribution in [0.5, 0.6) is 0 Å². The Hall–Kier alpha value is -1.84. The number of hydrogen-bond acceptors (Lipinski definition) is 3. The summed E-state index contributed by atoms with van der Waals surface area (Å²) in [5.41, 5.74) is 6.97. The Bertz CT molecular complexity index is 587. The molecule has 1 aromatic carbocycles. The molecule has 1 aromatic heterocycles. The van der Waals surface area contributed by atoms with E-state index in [-0.39, 0.29) is 5.56 Å². The molecule has 0 radical (unpaired) electrons. The summed E-state index contributed by atoms with van der Waals surface area (Å²) < 4.78 is 1.65. The van der Waals surface area contributed by atoms with E-state index in [9.17, 15) is 4.79 Å². The number of nitrogens with zero attached hydrogens (tertiary/aromatic N) is 2. The van der Waals surface area contributed by atoms with Crippen LogP contribution in [0.1, 0.15) is 20.3 Å². The number of aromatic nitrogens is 2. The van der Waals surface area contributed by atoms with Crippen molar-refractivity contribution < 1.29 is 0 Å². The molecular formula is C13H17N3O. The fourth-order valence-electron chi connectivity index (χ4n) is 1.73. The van der Waals surface area contributed by atoms with Gasteiger partial charge in [-0.25, -0.2) is 4.98 Å². The van der Waals surface area contributed by atoms with Crippen molar-refractivity contribution in [1.82, 2.24) is 9.55 Å². The van der Waals surface area contributed by atoms with Gasteiger partial charge in [-0.05, 0) is 30.5 Å². The summed E-state index contributed by atoms with van der Waals surface area (Å²) in [5.74, 6) is 0.568. The van der Waals surface area contributed by atoms with Crippen LogP contribution in [0.25, 0.3) is 10.9 Å². The van der Waals surface area contributed by atoms with Crippen LogP contribution in [0.4, 0.5) is 5.69 Å². The minimum absolute atomic E-state index is 0.0112. The molecule has 0 saturated heterocycles. The second-order valence-electron chi connectivity index (χ2n) is 4.70. The van der Waals surface area contributed by atoms with Gasteiger partial charge >= 0.3 is 0 Å². The van der Waals surface area contributed by atoms with E-state index in [0.29, 0.717) is 29.1 Å². The highest BCUT2D eigenvalue weighted by Crippen LogP contribution is 2.11. The topological polar surface area (TPSA) is 60.9 Å². The SMILES string of the molecule is CC(C)CCn1cnc2ccc(N)cc2c1=O. The lowest BCUT2D eigenvalue weighted by Gasteiger charge is -2.08. The molecule has 4 heteroatoms. The Morgan fingerprint density at radius 2 is 2.18 bits per heavy atom. The second-order valence-corrected chi connectivity index (χ2v) is 4.70. The summed E-state index contributed by atoms with van der Waals surface area (Å²) in [6.07, 6.45) is 2.58. The maximum Gasteiger partial charge on any atom is 0.261 e. The van der Waals surface area contributed by atoms with Gasteiger partial charge in [0.15, 0.2) is 0 Å². The maximum atomic E-state index is 12.2. The molecule has 0 amide bonds.